The van der Waals surface area contributed by atoms with Gasteiger partial charge in [0.05, 0.1) is 17.1 Å². The van der Waals surface area contributed by atoms with E-state index in [1.807, 2.05) is 103 Å². The van der Waals surface area contributed by atoms with E-state index in [1.165, 1.54) is 0 Å². The first kappa shape index (κ1) is 18.7. The van der Waals surface area contributed by atoms with Gasteiger partial charge in [-0.2, -0.15) is 5.10 Å². The second kappa shape index (κ2) is 8.57. The minimum atomic E-state index is -0.348. The van der Waals surface area contributed by atoms with E-state index in [-0.39, 0.29) is 12.6 Å². The number of benzene rings is 3. The van der Waals surface area contributed by atoms with Crippen molar-refractivity contribution in [1.82, 2.24) is 9.78 Å². The van der Waals surface area contributed by atoms with Crippen molar-refractivity contribution in [1.29, 1.82) is 0 Å². The summed E-state index contributed by atoms with van der Waals surface area (Å²) in [6.45, 7) is 2.15. The van der Waals surface area contributed by atoms with Gasteiger partial charge in [0.2, 0.25) is 0 Å². The first-order valence-electron chi connectivity index (χ1n) is 9.61. The third kappa shape index (κ3) is 4.27. The lowest BCUT2D eigenvalue weighted by Gasteiger charge is -2.07. The Morgan fingerprint density at radius 3 is 2.00 bits per heavy atom. The largest absolute Gasteiger partial charge is 0.457 e. The summed E-state index contributed by atoms with van der Waals surface area (Å²) in [5.41, 5.74) is 5.01. The van der Waals surface area contributed by atoms with Crippen LogP contribution >= 0.6 is 0 Å². The van der Waals surface area contributed by atoms with Crippen molar-refractivity contribution in [3.63, 3.8) is 0 Å². The van der Waals surface area contributed by atoms with Gasteiger partial charge in [0, 0.05) is 6.42 Å². The molecule has 0 N–H and O–H groups in total. The lowest BCUT2D eigenvalue weighted by molar-refractivity contribution is 0.0470. The maximum Gasteiger partial charge on any atom is 0.342 e. The molecule has 1 aromatic heterocycles. The Labute approximate surface area is 170 Å². The molecule has 0 bridgehead atoms. The molecule has 0 aliphatic carbocycles. The van der Waals surface area contributed by atoms with Crippen LogP contribution in [-0.2, 0) is 17.8 Å². The molecule has 0 aliphatic heterocycles. The monoisotopic (exact) mass is 382 g/mol. The molecule has 0 amide bonds. The Hall–Kier alpha value is -3.66. The molecule has 0 saturated heterocycles. The first-order chi connectivity index (χ1) is 14.2. The van der Waals surface area contributed by atoms with Gasteiger partial charge in [-0.1, -0.05) is 78.9 Å². The van der Waals surface area contributed by atoms with Gasteiger partial charge in [-0.05, 0) is 30.2 Å². The van der Waals surface area contributed by atoms with Gasteiger partial charge in [0.25, 0.3) is 0 Å². The molecule has 0 aliphatic rings. The fraction of sp³-hybridized carbons (Fsp3) is 0.120. The van der Waals surface area contributed by atoms with E-state index in [0.29, 0.717) is 12.0 Å². The number of hydrogen-bond acceptors (Lipinski definition) is 3. The molecule has 0 saturated carbocycles. The fourth-order valence-corrected chi connectivity index (χ4v) is 3.35. The lowest BCUT2D eigenvalue weighted by Crippen LogP contribution is -2.09. The highest BCUT2D eigenvalue weighted by molar-refractivity contribution is 5.92. The molecule has 4 nitrogen and oxygen atoms in total. The molecule has 0 spiro atoms. The summed E-state index contributed by atoms with van der Waals surface area (Å²) in [4.78, 5) is 13.0. The van der Waals surface area contributed by atoms with Crippen LogP contribution in [0.1, 0.15) is 32.9 Å². The van der Waals surface area contributed by atoms with Crippen LogP contribution in [0.3, 0.4) is 0 Å². The number of para-hydroxylation sites is 1. The predicted octanol–water partition coefficient (Wildman–Crippen LogP) is 5.13. The highest BCUT2D eigenvalue weighted by atomic mass is 16.5. The summed E-state index contributed by atoms with van der Waals surface area (Å²) in [5, 5.41) is 4.77. The first-order valence-corrected chi connectivity index (χ1v) is 9.61. The third-order valence-electron chi connectivity index (χ3n) is 4.82. The van der Waals surface area contributed by atoms with E-state index >= 15 is 0 Å². The fourth-order valence-electron chi connectivity index (χ4n) is 3.35. The number of nitrogens with zero attached hydrogens (tertiary/aromatic N) is 2. The van der Waals surface area contributed by atoms with Crippen molar-refractivity contribution >= 4 is 5.97 Å². The van der Waals surface area contributed by atoms with Crippen molar-refractivity contribution in [2.45, 2.75) is 20.0 Å². The predicted molar refractivity (Wildman–Crippen MR) is 113 cm³/mol. The average molecular weight is 382 g/mol. The maximum absolute atomic E-state index is 13.0. The van der Waals surface area contributed by atoms with E-state index in [0.717, 1.165) is 28.2 Å². The molecule has 3 aromatic carbocycles. The second-order valence-corrected chi connectivity index (χ2v) is 6.88. The Morgan fingerprint density at radius 2 is 1.38 bits per heavy atom. The Kier molecular flexibility index (Phi) is 5.52. The van der Waals surface area contributed by atoms with Gasteiger partial charge in [-0.3, -0.25) is 0 Å². The summed E-state index contributed by atoms with van der Waals surface area (Å²) in [6.07, 6.45) is 0.567. The summed E-state index contributed by atoms with van der Waals surface area (Å²) in [6, 6.07) is 29.6. The van der Waals surface area contributed by atoms with Crippen LogP contribution in [-0.4, -0.2) is 15.7 Å². The number of carbonyl (C=O) groups excluding carboxylic acids is 1. The van der Waals surface area contributed by atoms with E-state index in [4.69, 9.17) is 9.84 Å². The van der Waals surface area contributed by atoms with Gasteiger partial charge in [-0.25, -0.2) is 9.48 Å². The van der Waals surface area contributed by atoms with Gasteiger partial charge in [-0.15, -0.1) is 0 Å². The molecular formula is C25H22N2O2. The molecule has 0 fully saturated rings. The standard InChI is InChI=1S/C25H22N2O2/c1-19-24(25(28)29-18-21-13-7-3-8-14-21)23(17-20-11-5-2-6-12-20)26-27(19)22-15-9-4-10-16-22/h2-16H,17-18H2,1H3. The highest BCUT2D eigenvalue weighted by Crippen LogP contribution is 2.22. The molecule has 4 heteroatoms. The normalized spacial score (nSPS) is 10.7. The zero-order valence-electron chi connectivity index (χ0n) is 16.3. The van der Waals surface area contributed by atoms with Crippen LogP contribution in [0.2, 0.25) is 0 Å². The van der Waals surface area contributed by atoms with Crippen LogP contribution in [0, 0.1) is 6.92 Å². The highest BCUT2D eigenvalue weighted by Gasteiger charge is 2.23. The number of carbonyl (C=O) groups is 1. The Bertz CT molecular complexity index is 1090. The molecular weight excluding hydrogens is 360 g/mol. The summed E-state index contributed by atoms with van der Waals surface area (Å²) >= 11 is 0. The van der Waals surface area contributed by atoms with E-state index in [2.05, 4.69) is 0 Å². The number of esters is 1. The zero-order chi connectivity index (χ0) is 20.1. The quantitative estimate of drug-likeness (QED) is 0.434. The number of ether oxygens (including phenoxy) is 1. The van der Waals surface area contributed by atoms with Crippen LogP contribution in [0.4, 0.5) is 0 Å². The van der Waals surface area contributed by atoms with Gasteiger partial charge >= 0.3 is 5.97 Å². The van der Waals surface area contributed by atoms with Crippen LogP contribution in [0.25, 0.3) is 5.69 Å². The third-order valence-corrected chi connectivity index (χ3v) is 4.82. The molecule has 1 heterocycles. The molecule has 4 aromatic rings. The Balaban J connectivity index is 1.68. The number of rotatable bonds is 6. The minimum absolute atomic E-state index is 0.237. The van der Waals surface area contributed by atoms with Crippen LogP contribution < -0.4 is 0 Å². The van der Waals surface area contributed by atoms with Gasteiger partial charge in [0.15, 0.2) is 0 Å². The number of aromatic nitrogens is 2. The van der Waals surface area contributed by atoms with Crippen molar-refractivity contribution in [2.24, 2.45) is 0 Å². The maximum atomic E-state index is 13.0. The SMILES string of the molecule is Cc1c(C(=O)OCc2ccccc2)c(Cc2ccccc2)nn1-c1ccccc1. The van der Waals surface area contributed by atoms with Gasteiger partial charge in [0.1, 0.15) is 12.2 Å². The molecule has 0 radical (unpaired) electrons. The zero-order valence-corrected chi connectivity index (χ0v) is 16.3. The summed E-state index contributed by atoms with van der Waals surface area (Å²) < 4.78 is 7.45. The molecule has 0 atom stereocenters. The minimum Gasteiger partial charge on any atom is -0.457 e. The van der Waals surface area contributed by atoms with Crippen molar-refractivity contribution in [3.05, 3.63) is 119 Å². The summed E-state index contributed by atoms with van der Waals surface area (Å²) in [7, 11) is 0. The molecule has 29 heavy (non-hydrogen) atoms. The van der Waals surface area contributed by atoms with E-state index < -0.39 is 0 Å². The van der Waals surface area contributed by atoms with Crippen molar-refractivity contribution < 1.29 is 9.53 Å². The van der Waals surface area contributed by atoms with E-state index in [1.54, 1.807) is 0 Å². The Morgan fingerprint density at radius 1 is 0.828 bits per heavy atom. The molecule has 0 unspecified atom stereocenters. The van der Waals surface area contributed by atoms with Crippen molar-refractivity contribution in [3.8, 4) is 5.69 Å². The lowest BCUT2D eigenvalue weighted by atomic mass is 10.1. The van der Waals surface area contributed by atoms with E-state index in [9.17, 15) is 4.79 Å². The van der Waals surface area contributed by atoms with Crippen molar-refractivity contribution in [2.75, 3.05) is 0 Å². The molecule has 4 rings (SSSR count). The topological polar surface area (TPSA) is 44.1 Å². The van der Waals surface area contributed by atoms with Crippen LogP contribution in [0.5, 0.6) is 0 Å². The second-order valence-electron chi connectivity index (χ2n) is 6.88. The molecule has 144 valence electrons. The van der Waals surface area contributed by atoms with Gasteiger partial charge < -0.3 is 4.74 Å². The average Bonchev–Trinajstić information content (AvgIpc) is 3.10. The summed E-state index contributed by atoms with van der Waals surface area (Å²) in [5.74, 6) is -0.348. The smallest absolute Gasteiger partial charge is 0.342 e. The number of hydrogen-bond donors (Lipinski definition) is 0. The van der Waals surface area contributed by atoms with Crippen LogP contribution in [0.15, 0.2) is 91.0 Å².